The van der Waals surface area contributed by atoms with Crippen molar-refractivity contribution in [1.82, 2.24) is 5.43 Å². The number of carbonyl (C=O) groups excluding carboxylic acids is 1. The van der Waals surface area contributed by atoms with Gasteiger partial charge in [-0.1, -0.05) is 72.0 Å². The van der Waals surface area contributed by atoms with Gasteiger partial charge in [0.25, 0.3) is 0 Å². The molecule has 3 rings (SSSR count). The Bertz CT molecular complexity index is 888. The van der Waals surface area contributed by atoms with E-state index in [9.17, 15) is 4.79 Å². The summed E-state index contributed by atoms with van der Waals surface area (Å²) in [4.78, 5) is 12.1. The molecule has 1 heterocycles. The predicted molar refractivity (Wildman–Crippen MR) is 107 cm³/mol. The number of nitrogens with one attached hydrogen (secondary N) is 3. The number of hydrogen-bond acceptors (Lipinski definition) is 3. The minimum atomic E-state index is -0.327. The zero-order valence-electron chi connectivity index (χ0n) is 14.5. The first kappa shape index (κ1) is 17.7. The Labute approximate surface area is 157 Å². The van der Waals surface area contributed by atoms with Crippen LogP contribution in [-0.2, 0) is 6.54 Å². The second-order valence-corrected chi connectivity index (χ2v) is 6.62. The summed E-state index contributed by atoms with van der Waals surface area (Å²) < 4.78 is 2.07. The summed E-state index contributed by atoms with van der Waals surface area (Å²) in [5, 5.41) is 5.66. The molecule has 2 amide bonds. The molecule has 3 N–H and O–H groups in total. The van der Waals surface area contributed by atoms with Crippen molar-refractivity contribution in [2.45, 2.75) is 13.5 Å². The molecule has 0 spiro atoms. The number of thiazole rings is 1. The Balaban J connectivity index is 1.72. The third-order valence-electron chi connectivity index (χ3n) is 3.79. The summed E-state index contributed by atoms with van der Waals surface area (Å²) >= 11 is 1.53. The summed E-state index contributed by atoms with van der Waals surface area (Å²) in [6.45, 7) is 6.54. The Hall–Kier alpha value is -3.12. The third kappa shape index (κ3) is 4.29. The number of aryl methyl sites for hydroxylation is 1. The number of carbonyl (C=O) groups is 1. The van der Waals surface area contributed by atoms with Crippen molar-refractivity contribution in [3.05, 3.63) is 78.2 Å². The maximum absolute atomic E-state index is 12.1. The molecule has 132 valence electrons. The van der Waals surface area contributed by atoms with E-state index in [1.165, 1.54) is 16.9 Å². The number of para-hydroxylation sites is 1. The van der Waals surface area contributed by atoms with Crippen molar-refractivity contribution in [2.24, 2.45) is 0 Å². The molecule has 0 unspecified atom stereocenters. The lowest BCUT2D eigenvalue weighted by Crippen LogP contribution is -2.41. The second kappa shape index (κ2) is 8.31. The molecule has 1 aromatic heterocycles. The lowest BCUT2D eigenvalue weighted by molar-refractivity contribution is -0.658. The van der Waals surface area contributed by atoms with Crippen molar-refractivity contribution in [3.63, 3.8) is 0 Å². The molecule has 0 fully saturated rings. The quantitative estimate of drug-likeness (QED) is 0.346. The van der Waals surface area contributed by atoms with Crippen LogP contribution in [0.5, 0.6) is 0 Å². The number of amides is 2. The third-order valence-corrected chi connectivity index (χ3v) is 4.68. The number of hydrazine groups is 1. The van der Waals surface area contributed by atoms with Gasteiger partial charge >= 0.3 is 11.2 Å². The summed E-state index contributed by atoms with van der Waals surface area (Å²) in [6, 6.07) is 17.3. The monoisotopic (exact) mass is 365 g/mol. The summed E-state index contributed by atoms with van der Waals surface area (Å²) in [5.74, 6) is 0. The fraction of sp³-hybridized carbons (Fsp3) is 0.100. The van der Waals surface area contributed by atoms with Crippen molar-refractivity contribution in [1.29, 1.82) is 0 Å². The molecule has 0 aliphatic heterocycles. The Morgan fingerprint density at radius 3 is 2.58 bits per heavy atom. The number of allylic oxidation sites excluding steroid dienone is 1. The van der Waals surface area contributed by atoms with Crippen molar-refractivity contribution in [2.75, 3.05) is 10.7 Å². The fourth-order valence-electron chi connectivity index (χ4n) is 2.50. The minimum absolute atomic E-state index is 0.327. The molecule has 0 atom stereocenters. The summed E-state index contributed by atoms with van der Waals surface area (Å²) in [6.07, 6.45) is 1.83. The molecule has 0 saturated carbocycles. The van der Waals surface area contributed by atoms with Gasteiger partial charge in [0.1, 0.15) is 12.2 Å². The molecule has 0 saturated heterocycles. The van der Waals surface area contributed by atoms with Crippen molar-refractivity contribution in [3.8, 4) is 11.3 Å². The number of rotatable bonds is 6. The number of hydrogen-bond donors (Lipinski definition) is 3. The van der Waals surface area contributed by atoms with Crippen LogP contribution in [0, 0.1) is 6.92 Å². The Morgan fingerprint density at radius 1 is 1.15 bits per heavy atom. The van der Waals surface area contributed by atoms with Crippen LogP contribution in [0.1, 0.15) is 5.56 Å². The topological polar surface area (TPSA) is 57.0 Å². The lowest BCUT2D eigenvalue weighted by Gasteiger charge is -2.06. The van der Waals surface area contributed by atoms with E-state index in [0.29, 0.717) is 6.54 Å². The lowest BCUT2D eigenvalue weighted by atomic mass is 10.1. The molecule has 0 aliphatic rings. The largest absolute Gasteiger partial charge is 0.358 e. The first-order chi connectivity index (χ1) is 12.7. The molecule has 2 aromatic carbocycles. The normalized spacial score (nSPS) is 10.2. The van der Waals surface area contributed by atoms with Crippen LogP contribution < -0.4 is 20.7 Å². The smallest absolute Gasteiger partial charge is 0.305 e. The second-order valence-electron chi connectivity index (χ2n) is 5.76. The van der Waals surface area contributed by atoms with Gasteiger partial charge in [0, 0.05) is 16.6 Å². The zero-order valence-corrected chi connectivity index (χ0v) is 15.3. The van der Waals surface area contributed by atoms with Crippen LogP contribution >= 0.6 is 11.3 Å². The molecule has 6 heteroatoms. The van der Waals surface area contributed by atoms with Gasteiger partial charge in [-0.25, -0.2) is 9.36 Å². The highest BCUT2D eigenvalue weighted by molar-refractivity contribution is 7.13. The maximum atomic E-state index is 12.1. The average Bonchev–Trinajstić information content (AvgIpc) is 3.05. The first-order valence-corrected chi connectivity index (χ1v) is 9.12. The fourth-order valence-corrected chi connectivity index (χ4v) is 3.39. The van der Waals surface area contributed by atoms with E-state index in [1.54, 1.807) is 0 Å². The van der Waals surface area contributed by atoms with Gasteiger partial charge < -0.3 is 5.32 Å². The van der Waals surface area contributed by atoms with E-state index in [2.05, 4.69) is 63.9 Å². The van der Waals surface area contributed by atoms with Gasteiger partial charge in [-0.3, -0.25) is 0 Å². The number of benzene rings is 2. The Kier molecular flexibility index (Phi) is 5.66. The number of aromatic nitrogens is 1. The van der Waals surface area contributed by atoms with Gasteiger partial charge in [0.2, 0.25) is 0 Å². The van der Waals surface area contributed by atoms with E-state index < -0.39 is 0 Å². The molecule has 26 heavy (non-hydrogen) atoms. The van der Waals surface area contributed by atoms with Crippen molar-refractivity contribution < 1.29 is 9.36 Å². The van der Waals surface area contributed by atoms with E-state index in [-0.39, 0.29) is 6.03 Å². The first-order valence-electron chi connectivity index (χ1n) is 8.24. The van der Waals surface area contributed by atoms with E-state index in [0.717, 1.165) is 22.1 Å². The highest BCUT2D eigenvalue weighted by Crippen LogP contribution is 2.23. The summed E-state index contributed by atoms with van der Waals surface area (Å²) in [7, 11) is 0. The zero-order chi connectivity index (χ0) is 18.4. The van der Waals surface area contributed by atoms with Gasteiger partial charge in [0.05, 0.1) is 0 Å². The van der Waals surface area contributed by atoms with E-state index in [1.807, 2.05) is 36.4 Å². The van der Waals surface area contributed by atoms with Crippen LogP contribution in [0.4, 0.5) is 15.6 Å². The number of nitrogens with zero attached hydrogens (tertiary/aromatic N) is 1. The molecule has 0 aliphatic carbocycles. The summed E-state index contributed by atoms with van der Waals surface area (Å²) in [5.41, 5.74) is 9.81. The molecule has 0 bridgehead atoms. The van der Waals surface area contributed by atoms with Crippen molar-refractivity contribution >= 4 is 28.2 Å². The van der Waals surface area contributed by atoms with Crippen LogP contribution in [0.3, 0.4) is 0 Å². The van der Waals surface area contributed by atoms with Crippen LogP contribution in [0.25, 0.3) is 11.3 Å². The Morgan fingerprint density at radius 2 is 1.88 bits per heavy atom. The SMILES string of the molecule is C=CC[n+]1c(-c2ccc(C)cc2)csc1NNC(=O)Nc1ccccc1. The molecular weight excluding hydrogens is 344 g/mol. The van der Waals surface area contributed by atoms with Crippen LogP contribution in [-0.4, -0.2) is 6.03 Å². The highest BCUT2D eigenvalue weighted by atomic mass is 32.1. The van der Waals surface area contributed by atoms with E-state index >= 15 is 0 Å². The molecular formula is C20H21N4OS+. The number of anilines is 2. The standard InChI is InChI=1S/C20H20N4OS/c1-3-13-24-18(16-11-9-15(2)10-12-16)14-26-20(24)23-22-19(25)21-17-7-5-4-6-8-17/h3-12,14H,1,13H2,2H3,(H2,21,22,25)/p+1. The van der Waals surface area contributed by atoms with Crippen LogP contribution in [0.15, 0.2) is 72.6 Å². The van der Waals surface area contributed by atoms with Crippen LogP contribution in [0.2, 0.25) is 0 Å². The highest BCUT2D eigenvalue weighted by Gasteiger charge is 2.19. The average molecular weight is 365 g/mol. The minimum Gasteiger partial charge on any atom is -0.305 e. The predicted octanol–water partition coefficient (Wildman–Crippen LogP) is 4.35. The molecule has 3 aromatic rings. The molecule has 0 radical (unpaired) electrons. The number of urea groups is 1. The molecule has 5 nitrogen and oxygen atoms in total. The van der Waals surface area contributed by atoms with Gasteiger partial charge in [-0.05, 0) is 19.1 Å². The van der Waals surface area contributed by atoms with Gasteiger partial charge in [0.15, 0.2) is 0 Å². The van der Waals surface area contributed by atoms with Gasteiger partial charge in [-0.2, -0.15) is 10.9 Å². The van der Waals surface area contributed by atoms with E-state index in [4.69, 9.17) is 0 Å². The van der Waals surface area contributed by atoms with Gasteiger partial charge in [-0.15, -0.1) is 0 Å². The maximum Gasteiger partial charge on any atom is 0.358 e.